The number of anilines is 1. The summed E-state index contributed by atoms with van der Waals surface area (Å²) in [5, 5.41) is 3.14. The number of benzene rings is 2. The Bertz CT molecular complexity index is 1100. The summed E-state index contributed by atoms with van der Waals surface area (Å²) in [4.78, 5) is 29.0. The van der Waals surface area contributed by atoms with Gasteiger partial charge in [-0.25, -0.2) is 0 Å². The molecule has 3 atom stereocenters. The highest BCUT2D eigenvalue weighted by Crippen LogP contribution is 2.49. The molecule has 3 aliphatic carbocycles. The zero-order valence-electron chi connectivity index (χ0n) is 20.3. The lowest BCUT2D eigenvalue weighted by Gasteiger charge is -2.51. The number of nitrogens with zero attached hydrogens (tertiary/aromatic N) is 1. The molecule has 34 heavy (non-hydrogen) atoms. The third-order valence-electron chi connectivity index (χ3n) is 8.07. The standard InChI is InChI=1S/C28H34N2O4/c1-18(31)30(23-8-9-23)28(27(32)29-25-11-10-24(33-2)16-26(25)34-3)13-12-21-14-19-6-4-5-7-20(19)15-22(21)17-28/h4-7,10-11,16,21-23H,8-9,12-15,17H2,1-3H3,(H,29,32)/t21-,22-,28+/m1/s1. The number of carbonyl (C=O) groups is 2. The van der Waals surface area contributed by atoms with Gasteiger partial charge in [-0.3, -0.25) is 9.59 Å². The van der Waals surface area contributed by atoms with Crippen molar-refractivity contribution >= 4 is 17.5 Å². The van der Waals surface area contributed by atoms with Gasteiger partial charge >= 0.3 is 0 Å². The predicted octanol–water partition coefficient (Wildman–Crippen LogP) is 4.61. The van der Waals surface area contributed by atoms with Gasteiger partial charge in [0.05, 0.1) is 19.9 Å². The van der Waals surface area contributed by atoms with Gasteiger partial charge in [0.15, 0.2) is 0 Å². The van der Waals surface area contributed by atoms with Crippen LogP contribution in [0.1, 0.15) is 50.2 Å². The van der Waals surface area contributed by atoms with Crippen LogP contribution in [0.15, 0.2) is 42.5 Å². The van der Waals surface area contributed by atoms with E-state index in [1.165, 1.54) is 11.1 Å². The molecule has 0 radical (unpaired) electrons. The van der Waals surface area contributed by atoms with Crippen molar-refractivity contribution in [3.05, 3.63) is 53.6 Å². The lowest BCUT2D eigenvalue weighted by molar-refractivity contribution is -0.149. The van der Waals surface area contributed by atoms with E-state index in [0.717, 1.165) is 32.1 Å². The van der Waals surface area contributed by atoms with Crippen LogP contribution in [-0.2, 0) is 22.4 Å². The predicted molar refractivity (Wildman–Crippen MR) is 131 cm³/mol. The normalized spacial score (nSPS) is 25.5. The zero-order chi connectivity index (χ0) is 23.9. The summed E-state index contributed by atoms with van der Waals surface area (Å²) in [5.41, 5.74) is 2.58. The molecule has 180 valence electrons. The Labute approximate surface area is 201 Å². The first-order chi connectivity index (χ1) is 16.4. The summed E-state index contributed by atoms with van der Waals surface area (Å²) in [7, 11) is 3.18. The molecule has 0 aliphatic heterocycles. The molecule has 0 heterocycles. The van der Waals surface area contributed by atoms with E-state index in [4.69, 9.17) is 9.47 Å². The quantitative estimate of drug-likeness (QED) is 0.681. The van der Waals surface area contributed by atoms with Gasteiger partial charge in [-0.1, -0.05) is 24.3 Å². The average Bonchev–Trinajstić information content (AvgIpc) is 3.67. The number of carbonyl (C=O) groups excluding carboxylic acids is 2. The van der Waals surface area contributed by atoms with E-state index in [1.54, 1.807) is 33.3 Å². The van der Waals surface area contributed by atoms with Crippen molar-refractivity contribution in [2.75, 3.05) is 19.5 Å². The van der Waals surface area contributed by atoms with E-state index in [9.17, 15) is 9.59 Å². The van der Waals surface area contributed by atoms with Gasteiger partial charge < -0.3 is 19.7 Å². The smallest absolute Gasteiger partial charge is 0.250 e. The Hall–Kier alpha value is -3.02. The fourth-order valence-electron chi connectivity index (χ4n) is 6.31. The fourth-order valence-corrected chi connectivity index (χ4v) is 6.31. The second-order valence-electron chi connectivity index (χ2n) is 10.1. The highest BCUT2D eigenvalue weighted by molar-refractivity contribution is 6.01. The van der Waals surface area contributed by atoms with Gasteiger partial charge in [0.25, 0.3) is 0 Å². The highest BCUT2D eigenvalue weighted by Gasteiger charge is 2.55. The summed E-state index contributed by atoms with van der Waals surface area (Å²) in [6.45, 7) is 1.61. The maximum Gasteiger partial charge on any atom is 0.250 e. The van der Waals surface area contributed by atoms with Crippen molar-refractivity contribution < 1.29 is 19.1 Å². The number of methoxy groups -OCH3 is 2. The Morgan fingerprint density at radius 3 is 2.29 bits per heavy atom. The molecule has 6 nitrogen and oxygen atoms in total. The first-order valence-electron chi connectivity index (χ1n) is 12.4. The summed E-state index contributed by atoms with van der Waals surface area (Å²) >= 11 is 0. The molecule has 0 bridgehead atoms. The summed E-state index contributed by atoms with van der Waals surface area (Å²) in [5.74, 6) is 2.04. The van der Waals surface area contributed by atoms with Crippen LogP contribution in [0.4, 0.5) is 5.69 Å². The molecule has 0 aromatic heterocycles. The number of fused-ring (bicyclic) bond motifs is 2. The molecule has 2 amide bonds. The van der Waals surface area contributed by atoms with Gasteiger partial charge in [-0.2, -0.15) is 0 Å². The van der Waals surface area contributed by atoms with Gasteiger partial charge in [-0.15, -0.1) is 0 Å². The van der Waals surface area contributed by atoms with Crippen LogP contribution >= 0.6 is 0 Å². The van der Waals surface area contributed by atoms with E-state index in [0.29, 0.717) is 41.9 Å². The zero-order valence-corrected chi connectivity index (χ0v) is 20.3. The molecule has 2 fully saturated rings. The minimum Gasteiger partial charge on any atom is -0.497 e. The Balaban J connectivity index is 1.48. The monoisotopic (exact) mass is 462 g/mol. The van der Waals surface area contributed by atoms with Crippen molar-refractivity contribution in [2.45, 2.75) is 63.5 Å². The molecule has 2 aromatic carbocycles. The number of hydrogen-bond acceptors (Lipinski definition) is 4. The van der Waals surface area contributed by atoms with E-state index in [1.807, 2.05) is 11.0 Å². The second kappa shape index (κ2) is 8.97. The van der Waals surface area contributed by atoms with Crippen LogP contribution in [0.25, 0.3) is 0 Å². The summed E-state index contributed by atoms with van der Waals surface area (Å²) < 4.78 is 10.8. The van der Waals surface area contributed by atoms with Gasteiger partial charge in [0.1, 0.15) is 17.0 Å². The molecule has 2 saturated carbocycles. The molecule has 0 unspecified atom stereocenters. The molecular formula is C28H34N2O4. The molecule has 2 aromatic rings. The molecule has 6 heteroatoms. The lowest BCUT2D eigenvalue weighted by Crippen LogP contribution is -2.62. The third kappa shape index (κ3) is 4.04. The Kier molecular flexibility index (Phi) is 6.00. The first-order valence-corrected chi connectivity index (χ1v) is 12.4. The summed E-state index contributed by atoms with van der Waals surface area (Å²) in [6.07, 6.45) is 6.31. The van der Waals surface area contributed by atoms with Gasteiger partial charge in [-0.05, 0) is 80.0 Å². The highest BCUT2D eigenvalue weighted by atomic mass is 16.5. The minimum absolute atomic E-state index is 0.00555. The summed E-state index contributed by atoms with van der Waals surface area (Å²) in [6, 6.07) is 14.2. The average molecular weight is 463 g/mol. The van der Waals surface area contributed by atoms with Crippen LogP contribution in [0, 0.1) is 11.8 Å². The second-order valence-corrected chi connectivity index (χ2v) is 10.1. The molecule has 3 aliphatic rings. The Morgan fingerprint density at radius 1 is 0.971 bits per heavy atom. The largest absolute Gasteiger partial charge is 0.497 e. The van der Waals surface area contributed by atoms with Crippen molar-refractivity contribution in [3.63, 3.8) is 0 Å². The Morgan fingerprint density at radius 2 is 1.68 bits per heavy atom. The third-order valence-corrected chi connectivity index (χ3v) is 8.07. The van der Waals surface area contributed by atoms with Gasteiger partial charge in [0.2, 0.25) is 11.8 Å². The minimum atomic E-state index is -0.842. The number of ether oxygens (including phenoxy) is 2. The molecule has 5 rings (SSSR count). The molecular weight excluding hydrogens is 428 g/mol. The van der Waals surface area contributed by atoms with Crippen LogP contribution < -0.4 is 14.8 Å². The van der Waals surface area contributed by atoms with Crippen LogP contribution in [0.5, 0.6) is 11.5 Å². The van der Waals surface area contributed by atoms with E-state index >= 15 is 0 Å². The SMILES string of the molecule is COc1ccc(NC(=O)[C@]2(N(C(C)=O)C3CC3)CC[C@@H]3Cc4ccccc4C[C@@H]3C2)c(OC)c1. The number of amides is 2. The first kappa shape index (κ1) is 22.8. The number of hydrogen-bond donors (Lipinski definition) is 1. The maximum atomic E-state index is 14.1. The van der Waals surface area contributed by atoms with Crippen LogP contribution in [0.2, 0.25) is 0 Å². The maximum absolute atomic E-state index is 14.1. The van der Waals surface area contributed by atoms with Crippen molar-refractivity contribution in [2.24, 2.45) is 11.8 Å². The van der Waals surface area contributed by atoms with Crippen molar-refractivity contribution in [3.8, 4) is 11.5 Å². The van der Waals surface area contributed by atoms with Crippen LogP contribution in [-0.4, -0.2) is 42.5 Å². The van der Waals surface area contributed by atoms with Crippen molar-refractivity contribution in [1.29, 1.82) is 0 Å². The fraction of sp³-hybridized carbons (Fsp3) is 0.500. The number of nitrogens with one attached hydrogen (secondary N) is 1. The molecule has 1 N–H and O–H groups in total. The van der Waals surface area contributed by atoms with E-state index in [-0.39, 0.29) is 17.9 Å². The van der Waals surface area contributed by atoms with Crippen LogP contribution in [0.3, 0.4) is 0 Å². The lowest BCUT2D eigenvalue weighted by atomic mass is 9.62. The topological polar surface area (TPSA) is 67.9 Å². The number of rotatable bonds is 6. The van der Waals surface area contributed by atoms with E-state index in [2.05, 4.69) is 29.6 Å². The molecule has 0 saturated heterocycles. The van der Waals surface area contributed by atoms with Gasteiger partial charge in [0, 0.05) is 19.0 Å². The molecule has 0 spiro atoms. The van der Waals surface area contributed by atoms with E-state index < -0.39 is 5.54 Å². The van der Waals surface area contributed by atoms with Crippen molar-refractivity contribution in [1.82, 2.24) is 4.90 Å².